The van der Waals surface area contributed by atoms with E-state index in [0.717, 1.165) is 96.3 Å². The largest absolute Gasteiger partial charge is 0.477 e. The van der Waals surface area contributed by atoms with Crippen molar-refractivity contribution < 1.29 is 42.9 Å². The standard InChI is InChI=1S/C58H97NO8/c1-6-8-10-12-14-16-18-20-22-24-26-27-28-29-31-33-35-37-39-41-43-45-47-49-56(61)67-54(53-66-58(57(62)63)64-51-50-59(3,4)5)52-65-55(60)48-46-44-42-40-38-36-34-32-30-25-23-21-19-17-15-13-11-9-7-2/h8,10,14-17,20-23,26-27,29,31,35,37,54,58H,6-7,9,11-13,18-19,24-25,28,30,32-34,36,38-53H2,1-5H3/p+1/b10-8-,16-14-,17-15-,22-20-,23-21-,27-26-,31-29-,37-35-. The van der Waals surface area contributed by atoms with Gasteiger partial charge in [0.1, 0.15) is 13.2 Å². The number of likely N-dealkylation sites (N-methyl/N-ethyl adjacent to an activating group) is 1. The first-order chi connectivity index (χ1) is 32.6. The molecule has 0 bridgehead atoms. The van der Waals surface area contributed by atoms with Crippen LogP contribution in [-0.4, -0.2) is 87.4 Å². The van der Waals surface area contributed by atoms with Crippen LogP contribution in [0.2, 0.25) is 0 Å². The van der Waals surface area contributed by atoms with E-state index in [2.05, 4.69) is 111 Å². The third kappa shape index (κ3) is 49.9. The van der Waals surface area contributed by atoms with Gasteiger partial charge in [-0.15, -0.1) is 0 Å². The molecule has 0 saturated heterocycles. The number of carboxylic acid groups (broad SMARTS) is 1. The fourth-order valence-corrected chi connectivity index (χ4v) is 6.75. The number of quaternary nitrogens is 1. The molecule has 0 aromatic heterocycles. The summed E-state index contributed by atoms with van der Waals surface area (Å²) in [6, 6.07) is 0. The van der Waals surface area contributed by atoms with Crippen LogP contribution in [0.25, 0.3) is 0 Å². The van der Waals surface area contributed by atoms with Gasteiger partial charge in [0, 0.05) is 12.8 Å². The molecule has 0 aromatic rings. The molecule has 9 nitrogen and oxygen atoms in total. The van der Waals surface area contributed by atoms with Gasteiger partial charge in [-0.05, 0) is 96.3 Å². The number of rotatable bonds is 47. The smallest absolute Gasteiger partial charge is 0.361 e. The van der Waals surface area contributed by atoms with E-state index in [9.17, 15) is 19.5 Å². The van der Waals surface area contributed by atoms with E-state index >= 15 is 0 Å². The zero-order valence-electron chi connectivity index (χ0n) is 43.3. The second-order valence-corrected chi connectivity index (χ2v) is 18.4. The van der Waals surface area contributed by atoms with Crippen molar-refractivity contribution in [3.63, 3.8) is 0 Å². The molecule has 0 aliphatic heterocycles. The number of esters is 2. The van der Waals surface area contributed by atoms with Crippen LogP contribution in [0, 0.1) is 0 Å². The van der Waals surface area contributed by atoms with Crippen molar-refractivity contribution in [3.05, 3.63) is 97.2 Å². The van der Waals surface area contributed by atoms with Crippen LogP contribution in [0.3, 0.4) is 0 Å². The molecule has 0 amide bonds. The Morgan fingerprint density at radius 3 is 1.27 bits per heavy atom. The van der Waals surface area contributed by atoms with Crippen LogP contribution >= 0.6 is 0 Å². The van der Waals surface area contributed by atoms with Gasteiger partial charge in [-0.1, -0.05) is 182 Å². The number of ether oxygens (including phenoxy) is 4. The average Bonchev–Trinajstić information content (AvgIpc) is 3.29. The molecule has 0 spiro atoms. The number of carbonyl (C=O) groups excluding carboxylic acids is 2. The molecule has 67 heavy (non-hydrogen) atoms. The Bertz CT molecular complexity index is 1420. The molecule has 0 aromatic carbocycles. The second kappa shape index (κ2) is 48.7. The normalized spacial score (nSPS) is 13.6. The number of unbranched alkanes of at least 4 members (excludes halogenated alkanes) is 16. The third-order valence-corrected chi connectivity index (χ3v) is 10.8. The maximum atomic E-state index is 12.8. The monoisotopic (exact) mass is 937 g/mol. The van der Waals surface area contributed by atoms with Gasteiger partial charge in [0.2, 0.25) is 0 Å². The van der Waals surface area contributed by atoms with Crippen LogP contribution in [0.1, 0.15) is 194 Å². The molecule has 1 N–H and O–H groups in total. The molecule has 0 aliphatic rings. The van der Waals surface area contributed by atoms with Crippen molar-refractivity contribution in [1.82, 2.24) is 0 Å². The van der Waals surface area contributed by atoms with Crippen LogP contribution in [0.5, 0.6) is 0 Å². The quantitative estimate of drug-likeness (QED) is 0.0211. The number of hydrogen-bond acceptors (Lipinski definition) is 7. The topological polar surface area (TPSA) is 108 Å². The van der Waals surface area contributed by atoms with E-state index in [1.165, 1.54) is 64.2 Å². The molecule has 0 heterocycles. The summed E-state index contributed by atoms with van der Waals surface area (Å²) in [5.41, 5.74) is 0. The van der Waals surface area contributed by atoms with Crippen LogP contribution in [-0.2, 0) is 33.3 Å². The van der Waals surface area contributed by atoms with Crippen LogP contribution in [0.15, 0.2) is 97.2 Å². The highest BCUT2D eigenvalue weighted by Crippen LogP contribution is 2.14. The summed E-state index contributed by atoms with van der Waals surface area (Å²) in [7, 11) is 5.94. The minimum absolute atomic E-state index is 0.176. The SMILES string of the molecule is CC/C=C\C/C=C\C/C=C\C/C=C\C/C=C\C/C=C\CCCCCCC(=O)OC(COC(=O)CCCCCCCCCCC/C=C\C/C=C\CCCCC)COC(OCC[N+](C)(C)C)C(=O)O. The summed E-state index contributed by atoms with van der Waals surface area (Å²) in [6.45, 7) is 4.69. The van der Waals surface area contributed by atoms with Gasteiger partial charge in [0.15, 0.2) is 6.10 Å². The van der Waals surface area contributed by atoms with Crippen LogP contribution < -0.4 is 0 Å². The molecule has 2 atom stereocenters. The van der Waals surface area contributed by atoms with E-state index in [0.29, 0.717) is 17.4 Å². The summed E-state index contributed by atoms with van der Waals surface area (Å²) in [6.07, 6.45) is 61.8. The number of carboxylic acids is 1. The molecular weight excluding hydrogens is 839 g/mol. The van der Waals surface area contributed by atoms with E-state index in [1.807, 2.05) is 21.1 Å². The Balaban J connectivity index is 4.42. The Kier molecular flexibility index (Phi) is 45.9. The van der Waals surface area contributed by atoms with Gasteiger partial charge in [0.25, 0.3) is 6.29 Å². The molecule has 0 saturated carbocycles. The number of nitrogens with zero attached hydrogens (tertiary/aromatic N) is 1. The molecule has 0 fully saturated rings. The Labute approximate surface area is 410 Å². The summed E-state index contributed by atoms with van der Waals surface area (Å²) in [5.74, 6) is -2.06. The van der Waals surface area contributed by atoms with Gasteiger partial charge < -0.3 is 28.5 Å². The predicted octanol–water partition coefficient (Wildman–Crippen LogP) is 15.0. The van der Waals surface area contributed by atoms with Crippen molar-refractivity contribution >= 4 is 17.9 Å². The van der Waals surface area contributed by atoms with Crippen molar-refractivity contribution in [2.45, 2.75) is 206 Å². The summed E-state index contributed by atoms with van der Waals surface area (Å²) < 4.78 is 22.8. The molecule has 382 valence electrons. The Morgan fingerprint density at radius 2 is 0.851 bits per heavy atom. The third-order valence-electron chi connectivity index (χ3n) is 10.8. The zero-order chi connectivity index (χ0) is 49.2. The van der Waals surface area contributed by atoms with E-state index in [-0.39, 0.29) is 38.6 Å². The maximum Gasteiger partial charge on any atom is 0.361 e. The highest BCUT2D eigenvalue weighted by atomic mass is 16.7. The van der Waals surface area contributed by atoms with Gasteiger partial charge in [0.05, 0.1) is 34.4 Å². The lowest BCUT2D eigenvalue weighted by Gasteiger charge is -2.25. The van der Waals surface area contributed by atoms with Gasteiger partial charge >= 0.3 is 17.9 Å². The lowest BCUT2D eigenvalue weighted by Crippen LogP contribution is -2.40. The molecule has 0 rings (SSSR count). The minimum Gasteiger partial charge on any atom is -0.477 e. The summed E-state index contributed by atoms with van der Waals surface area (Å²) in [4.78, 5) is 37.3. The summed E-state index contributed by atoms with van der Waals surface area (Å²) in [5, 5.41) is 9.68. The van der Waals surface area contributed by atoms with Crippen molar-refractivity contribution in [2.75, 3.05) is 47.5 Å². The molecule has 9 heteroatoms. The number of hydrogen-bond donors (Lipinski definition) is 1. The van der Waals surface area contributed by atoms with E-state index in [1.54, 1.807) is 0 Å². The number of aliphatic carboxylic acids is 1. The van der Waals surface area contributed by atoms with Crippen LogP contribution in [0.4, 0.5) is 0 Å². The van der Waals surface area contributed by atoms with Gasteiger partial charge in [-0.2, -0.15) is 0 Å². The summed E-state index contributed by atoms with van der Waals surface area (Å²) >= 11 is 0. The lowest BCUT2D eigenvalue weighted by atomic mass is 10.1. The fraction of sp³-hybridized carbons (Fsp3) is 0.672. The highest BCUT2D eigenvalue weighted by Gasteiger charge is 2.25. The average molecular weight is 937 g/mol. The molecular formula is C58H98NO8+. The fourth-order valence-electron chi connectivity index (χ4n) is 6.75. The molecule has 2 unspecified atom stereocenters. The number of carbonyl (C=O) groups is 3. The highest BCUT2D eigenvalue weighted by molar-refractivity contribution is 5.71. The van der Waals surface area contributed by atoms with Gasteiger partial charge in [-0.3, -0.25) is 9.59 Å². The van der Waals surface area contributed by atoms with Crippen molar-refractivity contribution in [2.24, 2.45) is 0 Å². The first-order valence-corrected chi connectivity index (χ1v) is 26.4. The first-order valence-electron chi connectivity index (χ1n) is 26.4. The predicted molar refractivity (Wildman–Crippen MR) is 281 cm³/mol. The minimum atomic E-state index is -1.52. The molecule has 0 radical (unpaired) electrons. The maximum absolute atomic E-state index is 12.8. The van der Waals surface area contributed by atoms with E-state index < -0.39 is 24.3 Å². The van der Waals surface area contributed by atoms with Crippen molar-refractivity contribution in [1.29, 1.82) is 0 Å². The second-order valence-electron chi connectivity index (χ2n) is 18.4. The Hall–Kier alpha value is -3.79. The first kappa shape index (κ1) is 63.2. The lowest BCUT2D eigenvalue weighted by molar-refractivity contribution is -0.870. The number of allylic oxidation sites excluding steroid dienone is 16. The van der Waals surface area contributed by atoms with Crippen molar-refractivity contribution in [3.8, 4) is 0 Å². The Morgan fingerprint density at radius 1 is 0.463 bits per heavy atom. The molecule has 0 aliphatic carbocycles. The van der Waals surface area contributed by atoms with E-state index in [4.69, 9.17) is 18.9 Å². The zero-order valence-corrected chi connectivity index (χ0v) is 43.3. The van der Waals surface area contributed by atoms with Gasteiger partial charge in [-0.25, -0.2) is 4.79 Å².